The molecule has 7 heteroatoms. The molecule has 3 heterocycles. The zero-order valence-corrected chi connectivity index (χ0v) is 11.0. The summed E-state index contributed by atoms with van der Waals surface area (Å²) in [5.41, 5.74) is 0.629. The molecule has 1 saturated heterocycles. The van der Waals surface area contributed by atoms with Crippen molar-refractivity contribution in [2.24, 2.45) is 0 Å². The molecule has 0 spiro atoms. The average Bonchev–Trinajstić information content (AvgIpc) is 2.99. The Labute approximate surface area is 116 Å². The highest BCUT2D eigenvalue weighted by Crippen LogP contribution is 2.21. The molecule has 0 atom stereocenters. The monoisotopic (exact) mass is 272 g/mol. The molecule has 0 radical (unpaired) electrons. The van der Waals surface area contributed by atoms with Gasteiger partial charge in [-0.05, 0) is 38.1 Å². The smallest absolute Gasteiger partial charge is 0.274 e. The van der Waals surface area contributed by atoms with E-state index in [1.54, 1.807) is 0 Å². The fourth-order valence-electron chi connectivity index (χ4n) is 2.46. The Hall–Kier alpha value is -2.28. The first kappa shape index (κ1) is 12.7. The van der Waals surface area contributed by atoms with Gasteiger partial charge in [-0.25, -0.2) is 4.98 Å². The van der Waals surface area contributed by atoms with Gasteiger partial charge in [-0.3, -0.25) is 10.1 Å². The fraction of sp³-hybridized carbons (Fsp3) is 0.385. The number of nitrogens with one attached hydrogen (secondary N) is 2. The molecule has 1 aliphatic heterocycles. The number of aromatic nitrogens is 4. The Balaban J connectivity index is 1.77. The SMILES string of the molecule is O=C(Nc1nccnn1)c1cccn1C1CCNCC1. The minimum Gasteiger partial charge on any atom is -0.340 e. The summed E-state index contributed by atoms with van der Waals surface area (Å²) in [7, 11) is 0. The van der Waals surface area contributed by atoms with Crippen molar-refractivity contribution in [3.05, 3.63) is 36.4 Å². The summed E-state index contributed by atoms with van der Waals surface area (Å²) in [5, 5.41) is 13.4. The highest BCUT2D eigenvalue weighted by Gasteiger charge is 2.20. The Kier molecular flexibility index (Phi) is 3.69. The second-order valence-corrected chi connectivity index (χ2v) is 4.70. The largest absolute Gasteiger partial charge is 0.340 e. The van der Waals surface area contributed by atoms with E-state index < -0.39 is 0 Å². The van der Waals surface area contributed by atoms with Gasteiger partial charge in [0.25, 0.3) is 5.91 Å². The van der Waals surface area contributed by atoms with Gasteiger partial charge in [-0.15, -0.1) is 5.10 Å². The summed E-state index contributed by atoms with van der Waals surface area (Å²) < 4.78 is 2.03. The van der Waals surface area contributed by atoms with Gasteiger partial charge in [0, 0.05) is 12.2 Å². The Bertz CT molecular complexity index is 576. The molecule has 0 unspecified atom stereocenters. The third-order valence-corrected chi connectivity index (χ3v) is 3.42. The molecule has 0 aliphatic carbocycles. The minimum atomic E-state index is -0.207. The lowest BCUT2D eigenvalue weighted by Gasteiger charge is -2.25. The van der Waals surface area contributed by atoms with Gasteiger partial charge in [-0.2, -0.15) is 5.10 Å². The van der Waals surface area contributed by atoms with Crippen LogP contribution in [0.25, 0.3) is 0 Å². The number of nitrogens with zero attached hydrogens (tertiary/aromatic N) is 4. The number of carbonyl (C=O) groups excluding carboxylic acids is 1. The molecule has 3 rings (SSSR count). The maximum absolute atomic E-state index is 12.3. The summed E-state index contributed by atoms with van der Waals surface area (Å²) in [4.78, 5) is 16.2. The minimum absolute atomic E-state index is 0.207. The summed E-state index contributed by atoms with van der Waals surface area (Å²) in [5.74, 6) is 0.0112. The van der Waals surface area contributed by atoms with Crippen LogP contribution in [-0.4, -0.2) is 38.7 Å². The molecule has 104 valence electrons. The molecule has 2 N–H and O–H groups in total. The van der Waals surface area contributed by atoms with Crippen molar-refractivity contribution < 1.29 is 4.79 Å². The average molecular weight is 272 g/mol. The van der Waals surface area contributed by atoms with Crippen LogP contribution in [0.3, 0.4) is 0 Å². The van der Waals surface area contributed by atoms with E-state index in [9.17, 15) is 4.79 Å². The van der Waals surface area contributed by atoms with Crippen molar-refractivity contribution in [2.45, 2.75) is 18.9 Å². The number of amides is 1. The van der Waals surface area contributed by atoms with Crippen LogP contribution in [0.4, 0.5) is 5.95 Å². The zero-order valence-electron chi connectivity index (χ0n) is 11.0. The van der Waals surface area contributed by atoms with E-state index in [-0.39, 0.29) is 11.9 Å². The van der Waals surface area contributed by atoms with Gasteiger partial charge < -0.3 is 9.88 Å². The van der Waals surface area contributed by atoms with Crippen LogP contribution in [0.15, 0.2) is 30.7 Å². The van der Waals surface area contributed by atoms with Crippen molar-refractivity contribution >= 4 is 11.9 Å². The number of piperidine rings is 1. The first-order chi connectivity index (χ1) is 9.84. The lowest BCUT2D eigenvalue weighted by Crippen LogP contribution is -2.31. The second kappa shape index (κ2) is 5.79. The third kappa shape index (κ3) is 2.67. The van der Waals surface area contributed by atoms with Crippen molar-refractivity contribution in [3.63, 3.8) is 0 Å². The highest BCUT2D eigenvalue weighted by molar-refractivity contribution is 6.02. The summed E-state index contributed by atoms with van der Waals surface area (Å²) in [6.45, 7) is 1.96. The molecule has 1 amide bonds. The van der Waals surface area contributed by atoms with Crippen molar-refractivity contribution in [1.29, 1.82) is 0 Å². The van der Waals surface area contributed by atoms with Crippen molar-refractivity contribution in [2.75, 3.05) is 18.4 Å². The standard InChI is InChI=1S/C13H16N6O/c20-12(17-13-15-7-8-16-18-13)11-2-1-9-19(11)10-3-5-14-6-4-10/h1-2,7-10,14H,3-6H2,(H,15,17,18,20). The van der Waals surface area contributed by atoms with Gasteiger partial charge in [0.15, 0.2) is 0 Å². The number of hydrogen-bond acceptors (Lipinski definition) is 5. The predicted octanol–water partition coefficient (Wildman–Crippen LogP) is 0.850. The fourth-order valence-corrected chi connectivity index (χ4v) is 2.46. The van der Waals surface area contributed by atoms with Crippen LogP contribution in [0.2, 0.25) is 0 Å². The van der Waals surface area contributed by atoms with E-state index in [0.717, 1.165) is 25.9 Å². The van der Waals surface area contributed by atoms with E-state index in [1.807, 2.05) is 22.9 Å². The van der Waals surface area contributed by atoms with E-state index in [4.69, 9.17) is 0 Å². The molecular weight excluding hydrogens is 256 g/mol. The Morgan fingerprint density at radius 3 is 2.95 bits per heavy atom. The quantitative estimate of drug-likeness (QED) is 0.865. The van der Waals surface area contributed by atoms with Crippen LogP contribution < -0.4 is 10.6 Å². The van der Waals surface area contributed by atoms with Crippen molar-refractivity contribution in [3.8, 4) is 0 Å². The van der Waals surface area contributed by atoms with Crippen LogP contribution in [0.1, 0.15) is 29.4 Å². The number of anilines is 1. The summed E-state index contributed by atoms with van der Waals surface area (Å²) in [6.07, 6.45) is 6.97. The first-order valence-corrected chi connectivity index (χ1v) is 6.67. The van der Waals surface area contributed by atoms with Crippen LogP contribution in [-0.2, 0) is 0 Å². The molecule has 2 aromatic rings. The molecule has 2 aromatic heterocycles. The predicted molar refractivity (Wildman–Crippen MR) is 73.4 cm³/mol. The molecule has 0 saturated carbocycles. The third-order valence-electron chi connectivity index (χ3n) is 3.42. The van der Waals surface area contributed by atoms with E-state index in [0.29, 0.717) is 11.7 Å². The van der Waals surface area contributed by atoms with Gasteiger partial charge >= 0.3 is 0 Å². The van der Waals surface area contributed by atoms with Crippen LogP contribution >= 0.6 is 0 Å². The molecule has 7 nitrogen and oxygen atoms in total. The second-order valence-electron chi connectivity index (χ2n) is 4.70. The first-order valence-electron chi connectivity index (χ1n) is 6.67. The van der Waals surface area contributed by atoms with Gasteiger partial charge in [0.05, 0.1) is 12.4 Å². The Morgan fingerprint density at radius 2 is 2.20 bits per heavy atom. The topological polar surface area (TPSA) is 84.7 Å². The summed E-state index contributed by atoms with van der Waals surface area (Å²) >= 11 is 0. The number of carbonyl (C=O) groups is 1. The van der Waals surface area contributed by atoms with Gasteiger partial charge in [-0.1, -0.05) is 0 Å². The Morgan fingerprint density at radius 1 is 1.35 bits per heavy atom. The molecule has 20 heavy (non-hydrogen) atoms. The van der Waals surface area contributed by atoms with Gasteiger partial charge in [0.1, 0.15) is 5.69 Å². The molecule has 1 fully saturated rings. The van der Waals surface area contributed by atoms with E-state index in [2.05, 4.69) is 25.8 Å². The number of rotatable bonds is 3. The molecular formula is C13H16N6O. The molecule has 0 aromatic carbocycles. The maximum Gasteiger partial charge on any atom is 0.274 e. The maximum atomic E-state index is 12.3. The normalized spacial score (nSPS) is 16.0. The van der Waals surface area contributed by atoms with Gasteiger partial charge in [0.2, 0.25) is 5.95 Å². The van der Waals surface area contributed by atoms with Crippen molar-refractivity contribution in [1.82, 2.24) is 25.1 Å². The molecule has 1 aliphatic rings. The van der Waals surface area contributed by atoms with E-state index >= 15 is 0 Å². The highest BCUT2D eigenvalue weighted by atomic mass is 16.2. The zero-order chi connectivity index (χ0) is 13.8. The van der Waals surface area contributed by atoms with E-state index in [1.165, 1.54) is 12.4 Å². The lowest BCUT2D eigenvalue weighted by molar-refractivity contribution is 0.101. The number of hydrogen-bond donors (Lipinski definition) is 2. The van der Waals surface area contributed by atoms with Crippen LogP contribution in [0.5, 0.6) is 0 Å². The lowest BCUT2D eigenvalue weighted by atomic mass is 10.1. The summed E-state index contributed by atoms with van der Waals surface area (Å²) in [6, 6.07) is 4.07. The van der Waals surface area contributed by atoms with Crippen LogP contribution in [0, 0.1) is 0 Å². The molecule has 0 bridgehead atoms.